The standard InChI is InChI=1S/C28H34N4O2S/c1-5-7-15-32-25-14-13-22(35-16-6-2)18-23(25)29-27(32)24(17-21-11-9-8-10-12-21)30-28(33)26-19(3)31-34-20(26)4/h8-14,18,24H,5-7,15-17H2,1-4H3,(H,30,33). The first-order chi connectivity index (χ1) is 17.0. The SMILES string of the molecule is CCCCn1c(C(Cc2ccccc2)NC(=O)c2c(C)noc2C)nc2cc(SCCC)ccc21. The molecule has 1 N–H and O–H groups in total. The molecule has 2 aromatic carbocycles. The summed E-state index contributed by atoms with van der Waals surface area (Å²) in [5.74, 6) is 2.31. The van der Waals surface area contributed by atoms with Crippen molar-refractivity contribution < 1.29 is 9.32 Å². The lowest BCUT2D eigenvalue weighted by molar-refractivity contribution is 0.0932. The van der Waals surface area contributed by atoms with E-state index >= 15 is 0 Å². The average Bonchev–Trinajstić information content (AvgIpc) is 3.40. The zero-order valence-electron chi connectivity index (χ0n) is 21.0. The van der Waals surface area contributed by atoms with Crippen LogP contribution in [0.25, 0.3) is 11.0 Å². The summed E-state index contributed by atoms with van der Waals surface area (Å²) in [5.41, 5.74) is 4.32. The van der Waals surface area contributed by atoms with E-state index in [4.69, 9.17) is 9.51 Å². The predicted octanol–water partition coefficient (Wildman–Crippen LogP) is 6.66. The molecule has 0 aliphatic carbocycles. The Morgan fingerprint density at radius 2 is 1.91 bits per heavy atom. The van der Waals surface area contributed by atoms with Crippen molar-refractivity contribution in [3.05, 3.63) is 76.9 Å². The number of hydrogen-bond donors (Lipinski definition) is 1. The van der Waals surface area contributed by atoms with E-state index in [2.05, 4.69) is 59.2 Å². The number of hydrogen-bond acceptors (Lipinski definition) is 5. The number of nitrogens with zero attached hydrogens (tertiary/aromatic N) is 3. The van der Waals surface area contributed by atoms with Crippen LogP contribution in [0.4, 0.5) is 0 Å². The molecule has 0 saturated carbocycles. The number of carbonyl (C=O) groups excluding carboxylic acids is 1. The molecule has 184 valence electrons. The molecule has 7 heteroatoms. The molecule has 2 heterocycles. The highest BCUT2D eigenvalue weighted by Gasteiger charge is 2.26. The molecule has 4 rings (SSSR count). The summed E-state index contributed by atoms with van der Waals surface area (Å²) in [6, 6.07) is 16.5. The van der Waals surface area contributed by atoms with Crippen LogP contribution in [0.3, 0.4) is 0 Å². The van der Waals surface area contributed by atoms with Gasteiger partial charge in [-0.25, -0.2) is 4.98 Å². The molecule has 35 heavy (non-hydrogen) atoms. The van der Waals surface area contributed by atoms with Gasteiger partial charge in [0.25, 0.3) is 5.91 Å². The minimum atomic E-state index is -0.297. The van der Waals surface area contributed by atoms with Gasteiger partial charge in [0, 0.05) is 11.4 Å². The smallest absolute Gasteiger partial charge is 0.257 e. The molecule has 0 fully saturated rings. The first-order valence-corrected chi connectivity index (χ1v) is 13.4. The Labute approximate surface area is 211 Å². The van der Waals surface area contributed by atoms with Crippen LogP contribution in [-0.4, -0.2) is 26.4 Å². The molecular formula is C28H34N4O2S. The van der Waals surface area contributed by atoms with Crippen molar-refractivity contribution in [1.29, 1.82) is 0 Å². The lowest BCUT2D eigenvalue weighted by Gasteiger charge is -2.20. The van der Waals surface area contributed by atoms with Gasteiger partial charge in [0.05, 0.1) is 22.8 Å². The van der Waals surface area contributed by atoms with E-state index in [1.54, 1.807) is 13.8 Å². The van der Waals surface area contributed by atoms with Gasteiger partial charge in [0.1, 0.15) is 17.1 Å². The highest BCUT2D eigenvalue weighted by Crippen LogP contribution is 2.29. The molecule has 0 bridgehead atoms. The number of rotatable bonds is 11. The quantitative estimate of drug-likeness (QED) is 0.238. The van der Waals surface area contributed by atoms with Gasteiger partial charge in [0.2, 0.25) is 0 Å². The van der Waals surface area contributed by atoms with Crippen LogP contribution in [0, 0.1) is 13.8 Å². The second-order valence-corrected chi connectivity index (χ2v) is 10.1. The number of aryl methyl sites for hydroxylation is 3. The number of imidazole rings is 1. The van der Waals surface area contributed by atoms with Gasteiger partial charge in [-0.1, -0.05) is 55.8 Å². The fourth-order valence-electron chi connectivity index (χ4n) is 4.35. The van der Waals surface area contributed by atoms with Gasteiger partial charge >= 0.3 is 0 Å². The van der Waals surface area contributed by atoms with Crippen LogP contribution in [0.5, 0.6) is 0 Å². The van der Waals surface area contributed by atoms with E-state index in [0.29, 0.717) is 23.4 Å². The van der Waals surface area contributed by atoms with E-state index in [1.807, 2.05) is 30.0 Å². The number of nitrogens with one attached hydrogen (secondary N) is 1. The fourth-order valence-corrected chi connectivity index (χ4v) is 5.15. The topological polar surface area (TPSA) is 73.0 Å². The van der Waals surface area contributed by atoms with E-state index in [1.165, 1.54) is 4.90 Å². The van der Waals surface area contributed by atoms with E-state index < -0.39 is 0 Å². The second-order valence-electron chi connectivity index (χ2n) is 8.89. The number of aromatic nitrogens is 3. The number of thioether (sulfide) groups is 1. The molecule has 4 aromatic rings. The van der Waals surface area contributed by atoms with E-state index in [-0.39, 0.29) is 11.9 Å². The van der Waals surface area contributed by atoms with Gasteiger partial charge in [-0.2, -0.15) is 0 Å². The Hall–Kier alpha value is -3.06. The zero-order valence-corrected chi connectivity index (χ0v) is 21.8. The highest BCUT2D eigenvalue weighted by atomic mass is 32.2. The normalized spacial score (nSPS) is 12.2. The molecular weight excluding hydrogens is 456 g/mol. The first kappa shape index (κ1) is 25.0. The van der Waals surface area contributed by atoms with Gasteiger partial charge in [-0.3, -0.25) is 4.79 Å². The summed E-state index contributed by atoms with van der Waals surface area (Å²) in [6.07, 6.45) is 3.90. The average molecular weight is 491 g/mol. The highest BCUT2D eigenvalue weighted by molar-refractivity contribution is 7.99. The maximum atomic E-state index is 13.4. The number of unbranched alkanes of at least 4 members (excludes halogenated alkanes) is 1. The molecule has 1 atom stereocenters. The van der Waals surface area contributed by atoms with Crippen molar-refractivity contribution in [2.45, 2.75) is 70.9 Å². The molecule has 1 unspecified atom stereocenters. The van der Waals surface area contributed by atoms with Crippen molar-refractivity contribution in [2.75, 3.05) is 5.75 Å². The van der Waals surface area contributed by atoms with Crippen molar-refractivity contribution in [3.63, 3.8) is 0 Å². The summed E-state index contributed by atoms with van der Waals surface area (Å²) in [6.45, 7) is 8.81. The Morgan fingerprint density at radius 3 is 2.60 bits per heavy atom. The molecule has 0 saturated heterocycles. The Balaban J connectivity index is 1.77. The van der Waals surface area contributed by atoms with Crippen LogP contribution in [0.15, 0.2) is 57.9 Å². The monoisotopic (exact) mass is 490 g/mol. The molecule has 0 aliphatic rings. The molecule has 6 nitrogen and oxygen atoms in total. The van der Waals surface area contributed by atoms with E-state index in [9.17, 15) is 4.79 Å². The summed E-state index contributed by atoms with van der Waals surface area (Å²) in [4.78, 5) is 19.7. The van der Waals surface area contributed by atoms with Crippen LogP contribution >= 0.6 is 11.8 Å². The van der Waals surface area contributed by atoms with Crippen LogP contribution in [0.1, 0.15) is 72.4 Å². The summed E-state index contributed by atoms with van der Waals surface area (Å²) >= 11 is 1.86. The Morgan fingerprint density at radius 1 is 1.11 bits per heavy atom. The summed E-state index contributed by atoms with van der Waals surface area (Å²) in [5, 5.41) is 7.23. The lowest BCUT2D eigenvalue weighted by atomic mass is 10.0. The maximum Gasteiger partial charge on any atom is 0.257 e. The van der Waals surface area contributed by atoms with E-state index in [0.717, 1.165) is 54.0 Å². The zero-order chi connectivity index (χ0) is 24.8. The van der Waals surface area contributed by atoms with Crippen molar-refractivity contribution >= 4 is 28.7 Å². The second kappa shape index (κ2) is 11.6. The van der Waals surface area contributed by atoms with Gasteiger partial charge in [-0.15, -0.1) is 11.8 Å². The minimum absolute atomic E-state index is 0.185. The molecule has 0 spiro atoms. The maximum absolute atomic E-state index is 13.4. The number of fused-ring (bicyclic) bond motifs is 1. The minimum Gasteiger partial charge on any atom is -0.361 e. The Kier molecular flexibility index (Phi) is 8.29. The van der Waals surface area contributed by atoms with Crippen molar-refractivity contribution in [3.8, 4) is 0 Å². The van der Waals surface area contributed by atoms with Gasteiger partial charge in [0.15, 0.2) is 0 Å². The van der Waals surface area contributed by atoms with Crippen molar-refractivity contribution in [1.82, 2.24) is 20.0 Å². The molecule has 0 aliphatic heterocycles. The third kappa shape index (κ3) is 5.78. The van der Waals surface area contributed by atoms with Crippen molar-refractivity contribution in [2.24, 2.45) is 0 Å². The molecule has 0 radical (unpaired) electrons. The number of carbonyl (C=O) groups is 1. The predicted molar refractivity (Wildman–Crippen MR) is 142 cm³/mol. The van der Waals surface area contributed by atoms with Gasteiger partial charge < -0.3 is 14.4 Å². The summed E-state index contributed by atoms with van der Waals surface area (Å²) in [7, 11) is 0. The fraction of sp³-hybridized carbons (Fsp3) is 0.393. The molecule has 1 amide bonds. The lowest BCUT2D eigenvalue weighted by Crippen LogP contribution is -2.32. The largest absolute Gasteiger partial charge is 0.361 e. The molecule has 2 aromatic heterocycles. The first-order valence-electron chi connectivity index (χ1n) is 12.4. The van der Waals surface area contributed by atoms with Gasteiger partial charge in [-0.05, 0) is 62.6 Å². The summed E-state index contributed by atoms with van der Waals surface area (Å²) < 4.78 is 7.54. The van der Waals surface area contributed by atoms with Crippen LogP contribution in [-0.2, 0) is 13.0 Å². The third-order valence-corrected chi connectivity index (χ3v) is 7.32. The Bertz CT molecular complexity index is 1260. The van der Waals surface area contributed by atoms with Crippen LogP contribution < -0.4 is 5.32 Å². The number of amides is 1. The third-order valence-electron chi connectivity index (χ3n) is 6.12. The number of benzene rings is 2. The van der Waals surface area contributed by atoms with Crippen LogP contribution in [0.2, 0.25) is 0 Å².